The summed E-state index contributed by atoms with van der Waals surface area (Å²) in [5.41, 5.74) is 1.35. The van der Waals surface area contributed by atoms with Gasteiger partial charge in [0.1, 0.15) is 0 Å². The molecular weight excluding hydrogens is 228 g/mol. The van der Waals surface area contributed by atoms with Crippen molar-refractivity contribution in [3.05, 3.63) is 27.7 Å². The highest BCUT2D eigenvalue weighted by molar-refractivity contribution is 6.17. The molecule has 0 fully saturated rings. The molecule has 0 amide bonds. The summed E-state index contributed by atoms with van der Waals surface area (Å²) in [5.74, 6) is 0.491. The molecule has 0 atom stereocenters. The van der Waals surface area contributed by atoms with E-state index < -0.39 is 0 Å². The number of aromatic nitrogens is 2. The van der Waals surface area contributed by atoms with Crippen LogP contribution in [0.1, 0.15) is 31.0 Å². The van der Waals surface area contributed by atoms with Crippen molar-refractivity contribution in [2.75, 3.05) is 13.7 Å². The summed E-state index contributed by atoms with van der Waals surface area (Å²) >= 11 is 5.74. The highest BCUT2D eigenvalue weighted by atomic mass is 35.5. The fraction of sp³-hybridized carbons (Fsp3) is 0.636. The van der Waals surface area contributed by atoms with Crippen molar-refractivity contribution in [3.8, 4) is 0 Å². The molecule has 16 heavy (non-hydrogen) atoms. The molecule has 5 heteroatoms. The monoisotopic (exact) mass is 244 g/mol. The van der Waals surface area contributed by atoms with E-state index in [2.05, 4.69) is 5.10 Å². The van der Waals surface area contributed by atoms with E-state index in [0.29, 0.717) is 18.7 Å². The van der Waals surface area contributed by atoms with Gasteiger partial charge in [-0.05, 0) is 12.0 Å². The van der Waals surface area contributed by atoms with E-state index in [9.17, 15) is 4.79 Å². The van der Waals surface area contributed by atoms with Crippen molar-refractivity contribution in [2.24, 2.45) is 0 Å². The zero-order valence-corrected chi connectivity index (χ0v) is 10.6. The van der Waals surface area contributed by atoms with E-state index in [1.165, 1.54) is 4.68 Å². The Morgan fingerprint density at radius 1 is 1.56 bits per heavy atom. The molecule has 0 aliphatic carbocycles. The predicted molar refractivity (Wildman–Crippen MR) is 64.0 cm³/mol. The van der Waals surface area contributed by atoms with Crippen molar-refractivity contribution in [1.29, 1.82) is 0 Å². The second kappa shape index (κ2) is 6.01. The molecular formula is C11H17ClN2O2. The molecule has 1 aromatic rings. The lowest BCUT2D eigenvalue weighted by molar-refractivity contribution is 0.181. The Labute approximate surface area is 100 Å². The van der Waals surface area contributed by atoms with E-state index in [0.717, 1.165) is 5.69 Å². The van der Waals surface area contributed by atoms with Gasteiger partial charge in [-0.25, -0.2) is 4.68 Å². The van der Waals surface area contributed by atoms with Crippen molar-refractivity contribution in [2.45, 2.75) is 32.2 Å². The molecule has 0 N–H and O–H groups in total. The molecule has 0 radical (unpaired) electrons. The summed E-state index contributed by atoms with van der Waals surface area (Å²) < 4.78 is 6.37. The number of methoxy groups -OCH3 is 1. The minimum atomic E-state index is -0.128. The summed E-state index contributed by atoms with van der Waals surface area (Å²) in [6.07, 6.45) is 0. The van der Waals surface area contributed by atoms with Crippen molar-refractivity contribution >= 4 is 11.6 Å². The quantitative estimate of drug-likeness (QED) is 0.742. The number of rotatable bonds is 5. The van der Waals surface area contributed by atoms with Crippen LogP contribution in [0, 0.1) is 0 Å². The van der Waals surface area contributed by atoms with E-state index >= 15 is 0 Å². The van der Waals surface area contributed by atoms with Gasteiger partial charge in [0.05, 0.1) is 24.7 Å². The first kappa shape index (κ1) is 13.2. The van der Waals surface area contributed by atoms with Crippen LogP contribution < -0.4 is 5.56 Å². The molecule has 4 nitrogen and oxygen atoms in total. The molecule has 1 rings (SSSR count). The van der Waals surface area contributed by atoms with Gasteiger partial charge in [0.2, 0.25) is 0 Å². The molecule has 1 aromatic heterocycles. The summed E-state index contributed by atoms with van der Waals surface area (Å²) in [7, 11) is 1.60. The molecule has 0 saturated heterocycles. The van der Waals surface area contributed by atoms with E-state index in [1.54, 1.807) is 13.2 Å². The first-order valence-corrected chi connectivity index (χ1v) is 5.79. The van der Waals surface area contributed by atoms with Crippen LogP contribution in [0.5, 0.6) is 0 Å². The third-order valence-electron chi connectivity index (χ3n) is 2.31. The van der Waals surface area contributed by atoms with Crippen molar-refractivity contribution in [3.63, 3.8) is 0 Å². The third kappa shape index (κ3) is 3.06. The van der Waals surface area contributed by atoms with Crippen LogP contribution >= 0.6 is 11.6 Å². The van der Waals surface area contributed by atoms with Gasteiger partial charge in [-0.15, -0.1) is 11.6 Å². The Morgan fingerprint density at radius 3 is 2.75 bits per heavy atom. The van der Waals surface area contributed by atoms with E-state index in [-0.39, 0.29) is 17.4 Å². The number of hydrogen-bond acceptors (Lipinski definition) is 3. The van der Waals surface area contributed by atoms with Gasteiger partial charge < -0.3 is 4.74 Å². The van der Waals surface area contributed by atoms with Crippen LogP contribution in [0.15, 0.2) is 10.9 Å². The number of nitrogens with zero attached hydrogens (tertiary/aromatic N) is 2. The molecule has 1 heterocycles. The highest BCUT2D eigenvalue weighted by Crippen LogP contribution is 2.11. The fourth-order valence-corrected chi connectivity index (χ4v) is 1.52. The molecule has 0 unspecified atom stereocenters. The third-order valence-corrected chi connectivity index (χ3v) is 2.60. The lowest BCUT2D eigenvalue weighted by atomic mass is 10.1. The molecule has 0 bridgehead atoms. The maximum Gasteiger partial charge on any atom is 0.271 e. The minimum absolute atomic E-state index is 0.128. The maximum atomic E-state index is 11.8. The largest absolute Gasteiger partial charge is 0.383 e. The Morgan fingerprint density at radius 2 is 2.25 bits per heavy atom. The lowest BCUT2D eigenvalue weighted by Gasteiger charge is -2.11. The lowest BCUT2D eigenvalue weighted by Crippen LogP contribution is -2.28. The topological polar surface area (TPSA) is 44.1 Å². The minimum Gasteiger partial charge on any atom is -0.383 e. The van der Waals surface area contributed by atoms with Gasteiger partial charge in [0.15, 0.2) is 0 Å². The van der Waals surface area contributed by atoms with Crippen molar-refractivity contribution < 1.29 is 4.74 Å². The van der Waals surface area contributed by atoms with Crippen LogP contribution in [0.25, 0.3) is 0 Å². The smallest absolute Gasteiger partial charge is 0.271 e. The zero-order valence-electron chi connectivity index (χ0n) is 9.86. The van der Waals surface area contributed by atoms with E-state index in [1.807, 2.05) is 13.8 Å². The second-order valence-electron chi connectivity index (χ2n) is 3.90. The summed E-state index contributed by atoms with van der Waals surface area (Å²) in [5, 5.41) is 4.28. The van der Waals surface area contributed by atoms with Crippen LogP contribution in [0.2, 0.25) is 0 Å². The summed E-state index contributed by atoms with van der Waals surface area (Å²) in [4.78, 5) is 11.8. The van der Waals surface area contributed by atoms with Gasteiger partial charge in [-0.3, -0.25) is 4.79 Å². The number of halogens is 1. The SMILES string of the molecule is COCCn1nc(C(C)C)cc(CCl)c1=O. The first-order chi connectivity index (χ1) is 7.60. The van der Waals surface area contributed by atoms with Crippen LogP contribution in [0.4, 0.5) is 0 Å². The summed E-state index contributed by atoms with van der Waals surface area (Å²) in [6, 6.07) is 1.78. The number of alkyl halides is 1. The molecule has 0 aliphatic heterocycles. The first-order valence-electron chi connectivity index (χ1n) is 5.26. The van der Waals surface area contributed by atoms with Crippen LogP contribution in [-0.2, 0) is 17.2 Å². The zero-order chi connectivity index (χ0) is 12.1. The van der Waals surface area contributed by atoms with Gasteiger partial charge in [0.25, 0.3) is 5.56 Å². The predicted octanol–water partition coefficient (Wildman–Crippen LogP) is 1.75. The highest BCUT2D eigenvalue weighted by Gasteiger charge is 2.09. The Kier molecular flexibility index (Phi) is 4.96. The van der Waals surface area contributed by atoms with Gasteiger partial charge in [-0.1, -0.05) is 13.8 Å². The van der Waals surface area contributed by atoms with Gasteiger partial charge in [0, 0.05) is 12.7 Å². The Bertz CT molecular complexity index is 401. The Hall–Kier alpha value is -0.870. The van der Waals surface area contributed by atoms with Crippen molar-refractivity contribution in [1.82, 2.24) is 9.78 Å². The molecule has 0 saturated carbocycles. The average Bonchev–Trinajstić information content (AvgIpc) is 2.27. The molecule has 0 spiro atoms. The van der Waals surface area contributed by atoms with Gasteiger partial charge in [-0.2, -0.15) is 5.10 Å². The number of hydrogen-bond donors (Lipinski definition) is 0. The number of ether oxygens (including phenoxy) is 1. The molecule has 90 valence electrons. The average molecular weight is 245 g/mol. The normalized spacial score (nSPS) is 11.1. The standard InChI is InChI=1S/C11H17ClN2O2/c1-8(2)10-6-9(7-12)11(15)14(13-10)4-5-16-3/h6,8H,4-5,7H2,1-3H3. The molecule has 0 aliphatic rings. The van der Waals surface area contributed by atoms with Crippen LogP contribution in [0.3, 0.4) is 0 Å². The van der Waals surface area contributed by atoms with E-state index in [4.69, 9.17) is 16.3 Å². The molecule has 0 aromatic carbocycles. The fourth-order valence-electron chi connectivity index (χ4n) is 1.33. The van der Waals surface area contributed by atoms with Gasteiger partial charge >= 0.3 is 0 Å². The Balaban J connectivity index is 3.14. The second-order valence-corrected chi connectivity index (χ2v) is 4.17. The summed E-state index contributed by atoms with van der Waals surface area (Å²) in [6.45, 7) is 4.99. The maximum absolute atomic E-state index is 11.8. The van der Waals surface area contributed by atoms with Crippen LogP contribution in [-0.4, -0.2) is 23.5 Å².